The molecular formula is C17H27N3O. The molecule has 0 bridgehead atoms. The van der Waals surface area contributed by atoms with Crippen LogP contribution in [0.4, 0.5) is 5.69 Å². The quantitative estimate of drug-likeness (QED) is 0.846. The Morgan fingerprint density at radius 2 is 2.10 bits per heavy atom. The molecule has 1 aromatic rings. The first kappa shape index (κ1) is 16.0. The Bertz CT molecular complexity index is 453. The molecule has 0 spiro atoms. The summed E-state index contributed by atoms with van der Waals surface area (Å²) in [6.07, 6.45) is 5.15. The summed E-state index contributed by atoms with van der Waals surface area (Å²) in [6.45, 7) is 5.27. The Hall–Kier alpha value is -1.39. The highest BCUT2D eigenvalue weighted by molar-refractivity contribution is 5.90. The normalized spacial score (nSPS) is 17.4. The number of likely N-dealkylation sites (tertiary alicyclic amines) is 1. The number of rotatable bonds is 6. The molecule has 1 aliphatic rings. The molecule has 1 heterocycles. The number of carbonyl (C=O) groups is 1. The number of carbonyl (C=O) groups excluding carboxylic acids is 1. The van der Waals surface area contributed by atoms with Gasteiger partial charge in [0.15, 0.2) is 0 Å². The Morgan fingerprint density at radius 3 is 2.81 bits per heavy atom. The van der Waals surface area contributed by atoms with E-state index in [-0.39, 0.29) is 11.9 Å². The van der Waals surface area contributed by atoms with Gasteiger partial charge in [0, 0.05) is 24.7 Å². The first-order valence-corrected chi connectivity index (χ1v) is 8.00. The van der Waals surface area contributed by atoms with Crippen LogP contribution in [-0.4, -0.2) is 29.9 Å². The molecular weight excluding hydrogens is 262 g/mol. The fourth-order valence-corrected chi connectivity index (χ4v) is 2.71. The van der Waals surface area contributed by atoms with E-state index in [2.05, 4.69) is 22.3 Å². The molecule has 116 valence electrons. The fourth-order valence-electron chi connectivity index (χ4n) is 2.71. The van der Waals surface area contributed by atoms with Gasteiger partial charge < -0.3 is 11.1 Å². The number of amides is 1. The number of benzene rings is 1. The second kappa shape index (κ2) is 8.15. The van der Waals surface area contributed by atoms with Crippen molar-refractivity contribution in [1.82, 2.24) is 4.90 Å². The summed E-state index contributed by atoms with van der Waals surface area (Å²) in [5.41, 5.74) is 7.83. The predicted octanol–water partition coefficient (Wildman–Crippen LogP) is 2.74. The Balaban J connectivity index is 1.86. The summed E-state index contributed by atoms with van der Waals surface area (Å²) in [6, 6.07) is 8.25. The molecule has 21 heavy (non-hydrogen) atoms. The third-order valence-corrected chi connectivity index (χ3v) is 3.89. The number of nitrogens with zero attached hydrogens (tertiary/aromatic N) is 1. The topological polar surface area (TPSA) is 58.4 Å². The van der Waals surface area contributed by atoms with Crippen LogP contribution < -0.4 is 11.1 Å². The third kappa shape index (κ3) is 5.86. The van der Waals surface area contributed by atoms with Crippen LogP contribution in [0, 0.1) is 0 Å². The second-order valence-electron chi connectivity index (χ2n) is 6.10. The van der Waals surface area contributed by atoms with Gasteiger partial charge in [0.2, 0.25) is 5.91 Å². The van der Waals surface area contributed by atoms with Crippen LogP contribution in [0.15, 0.2) is 24.3 Å². The van der Waals surface area contributed by atoms with Crippen molar-refractivity contribution >= 4 is 11.6 Å². The van der Waals surface area contributed by atoms with Crippen molar-refractivity contribution in [1.29, 1.82) is 0 Å². The van der Waals surface area contributed by atoms with E-state index in [0.717, 1.165) is 18.7 Å². The predicted molar refractivity (Wildman–Crippen MR) is 87.1 cm³/mol. The lowest BCUT2D eigenvalue weighted by Gasteiger charge is -2.26. The largest absolute Gasteiger partial charge is 0.328 e. The van der Waals surface area contributed by atoms with E-state index in [1.54, 1.807) is 0 Å². The molecule has 4 heteroatoms. The van der Waals surface area contributed by atoms with Crippen LogP contribution in [0.2, 0.25) is 0 Å². The standard InChI is InChI=1S/C17H27N3O/c1-14(18)8-9-17(21)19-16-7-5-6-15(12-16)13-20-10-3-2-4-11-20/h5-7,12,14H,2-4,8-11,13,18H2,1H3,(H,19,21). The molecule has 1 amide bonds. The second-order valence-corrected chi connectivity index (χ2v) is 6.10. The number of piperidine rings is 1. The van der Waals surface area contributed by atoms with Crippen molar-refractivity contribution in [3.8, 4) is 0 Å². The van der Waals surface area contributed by atoms with Gasteiger partial charge in [0.05, 0.1) is 0 Å². The van der Waals surface area contributed by atoms with E-state index in [1.807, 2.05) is 19.1 Å². The van der Waals surface area contributed by atoms with Gasteiger partial charge in [-0.2, -0.15) is 0 Å². The van der Waals surface area contributed by atoms with E-state index in [1.165, 1.54) is 37.9 Å². The lowest BCUT2D eigenvalue weighted by atomic mass is 10.1. The number of nitrogens with two attached hydrogens (primary N) is 1. The molecule has 1 fully saturated rings. The molecule has 1 unspecified atom stereocenters. The zero-order valence-electron chi connectivity index (χ0n) is 13.0. The third-order valence-electron chi connectivity index (χ3n) is 3.89. The van der Waals surface area contributed by atoms with Gasteiger partial charge in [-0.3, -0.25) is 9.69 Å². The highest BCUT2D eigenvalue weighted by Gasteiger charge is 2.11. The van der Waals surface area contributed by atoms with Crippen molar-refractivity contribution in [2.45, 2.75) is 51.6 Å². The number of nitrogens with one attached hydrogen (secondary N) is 1. The van der Waals surface area contributed by atoms with Crippen LogP contribution in [0.25, 0.3) is 0 Å². The number of hydrogen-bond donors (Lipinski definition) is 2. The lowest BCUT2D eigenvalue weighted by Crippen LogP contribution is -2.29. The van der Waals surface area contributed by atoms with E-state index < -0.39 is 0 Å². The average Bonchev–Trinajstić information content (AvgIpc) is 2.46. The molecule has 0 saturated carbocycles. The maximum Gasteiger partial charge on any atom is 0.224 e. The highest BCUT2D eigenvalue weighted by atomic mass is 16.1. The van der Waals surface area contributed by atoms with Crippen LogP contribution in [-0.2, 0) is 11.3 Å². The van der Waals surface area contributed by atoms with E-state index in [4.69, 9.17) is 5.73 Å². The van der Waals surface area contributed by atoms with Crippen molar-refractivity contribution in [2.75, 3.05) is 18.4 Å². The SMILES string of the molecule is CC(N)CCC(=O)Nc1cccc(CN2CCCCC2)c1. The molecule has 0 radical (unpaired) electrons. The monoisotopic (exact) mass is 289 g/mol. The minimum Gasteiger partial charge on any atom is -0.328 e. The number of anilines is 1. The number of hydrogen-bond acceptors (Lipinski definition) is 3. The van der Waals surface area contributed by atoms with Crippen LogP contribution in [0.5, 0.6) is 0 Å². The maximum absolute atomic E-state index is 11.8. The first-order valence-electron chi connectivity index (χ1n) is 8.00. The summed E-state index contributed by atoms with van der Waals surface area (Å²) in [4.78, 5) is 14.3. The van der Waals surface area contributed by atoms with Crippen molar-refractivity contribution < 1.29 is 4.79 Å². The van der Waals surface area contributed by atoms with Gasteiger partial charge in [-0.15, -0.1) is 0 Å². The van der Waals surface area contributed by atoms with E-state index in [0.29, 0.717) is 6.42 Å². The van der Waals surface area contributed by atoms with Gasteiger partial charge >= 0.3 is 0 Å². The Morgan fingerprint density at radius 1 is 1.33 bits per heavy atom. The lowest BCUT2D eigenvalue weighted by molar-refractivity contribution is -0.116. The summed E-state index contributed by atoms with van der Waals surface area (Å²) in [7, 11) is 0. The molecule has 1 aromatic carbocycles. The summed E-state index contributed by atoms with van der Waals surface area (Å²) in [5.74, 6) is 0.0439. The Kier molecular flexibility index (Phi) is 6.21. The summed E-state index contributed by atoms with van der Waals surface area (Å²) >= 11 is 0. The fraction of sp³-hybridized carbons (Fsp3) is 0.588. The Labute approximate surface area is 127 Å². The summed E-state index contributed by atoms with van der Waals surface area (Å²) < 4.78 is 0. The van der Waals surface area contributed by atoms with Gasteiger partial charge in [-0.1, -0.05) is 18.6 Å². The zero-order valence-corrected chi connectivity index (χ0v) is 13.0. The molecule has 3 N–H and O–H groups in total. The molecule has 0 aromatic heterocycles. The van der Waals surface area contributed by atoms with Gasteiger partial charge in [-0.25, -0.2) is 0 Å². The van der Waals surface area contributed by atoms with Crippen molar-refractivity contribution in [3.05, 3.63) is 29.8 Å². The smallest absolute Gasteiger partial charge is 0.224 e. The minimum atomic E-state index is 0.0439. The maximum atomic E-state index is 11.8. The first-order chi connectivity index (χ1) is 10.1. The van der Waals surface area contributed by atoms with Gasteiger partial charge in [-0.05, 0) is 57.0 Å². The van der Waals surface area contributed by atoms with E-state index in [9.17, 15) is 4.79 Å². The minimum absolute atomic E-state index is 0.0439. The van der Waals surface area contributed by atoms with Gasteiger partial charge in [0.1, 0.15) is 0 Å². The summed E-state index contributed by atoms with van der Waals surface area (Å²) in [5, 5.41) is 2.96. The average molecular weight is 289 g/mol. The van der Waals surface area contributed by atoms with Crippen LogP contribution >= 0.6 is 0 Å². The van der Waals surface area contributed by atoms with Gasteiger partial charge in [0.25, 0.3) is 0 Å². The molecule has 1 saturated heterocycles. The van der Waals surface area contributed by atoms with Crippen molar-refractivity contribution in [3.63, 3.8) is 0 Å². The molecule has 1 aliphatic heterocycles. The molecule has 0 aliphatic carbocycles. The molecule has 2 rings (SSSR count). The zero-order chi connectivity index (χ0) is 15.1. The van der Waals surface area contributed by atoms with E-state index >= 15 is 0 Å². The molecule has 4 nitrogen and oxygen atoms in total. The van der Waals surface area contributed by atoms with Crippen LogP contribution in [0.1, 0.15) is 44.6 Å². The van der Waals surface area contributed by atoms with Crippen LogP contribution in [0.3, 0.4) is 0 Å². The van der Waals surface area contributed by atoms with Crippen molar-refractivity contribution in [2.24, 2.45) is 5.73 Å². The highest BCUT2D eigenvalue weighted by Crippen LogP contribution is 2.16. The molecule has 1 atom stereocenters.